The zero-order chi connectivity index (χ0) is 14.4. The predicted octanol–water partition coefficient (Wildman–Crippen LogP) is 1.29. The molecule has 0 aliphatic carbocycles. The number of hydrogen-bond acceptors (Lipinski definition) is 4. The lowest BCUT2D eigenvalue weighted by Crippen LogP contribution is -2.35. The Morgan fingerprint density at radius 2 is 2.11 bits per heavy atom. The van der Waals surface area contributed by atoms with Crippen LogP contribution in [0.3, 0.4) is 0 Å². The first-order valence-electron chi connectivity index (χ1n) is 6.09. The van der Waals surface area contributed by atoms with E-state index >= 15 is 0 Å². The Labute approximate surface area is 111 Å². The van der Waals surface area contributed by atoms with Gasteiger partial charge in [-0.25, -0.2) is 4.79 Å². The molecule has 1 atom stereocenters. The van der Waals surface area contributed by atoms with E-state index in [0.29, 0.717) is 5.56 Å². The second-order valence-corrected chi connectivity index (χ2v) is 4.31. The summed E-state index contributed by atoms with van der Waals surface area (Å²) in [6.45, 7) is 4.87. The number of ketones is 1. The Hall–Kier alpha value is -2.11. The molecule has 104 valence electrons. The van der Waals surface area contributed by atoms with Crippen molar-refractivity contribution in [1.29, 1.82) is 0 Å². The second-order valence-electron chi connectivity index (χ2n) is 4.31. The first-order chi connectivity index (χ1) is 8.93. The number of amides is 1. The van der Waals surface area contributed by atoms with Gasteiger partial charge in [-0.05, 0) is 26.3 Å². The summed E-state index contributed by atoms with van der Waals surface area (Å²) >= 11 is 0. The third-order valence-electron chi connectivity index (χ3n) is 2.66. The van der Waals surface area contributed by atoms with Crippen molar-refractivity contribution in [2.45, 2.75) is 33.2 Å². The van der Waals surface area contributed by atoms with E-state index in [1.165, 1.54) is 19.2 Å². The molecule has 1 heterocycles. The van der Waals surface area contributed by atoms with Crippen LogP contribution in [0.4, 0.5) is 0 Å². The van der Waals surface area contributed by atoms with Crippen LogP contribution in [-0.2, 0) is 9.53 Å². The van der Waals surface area contributed by atoms with Crippen molar-refractivity contribution in [3.05, 3.63) is 23.5 Å². The van der Waals surface area contributed by atoms with Gasteiger partial charge >= 0.3 is 5.97 Å². The van der Waals surface area contributed by atoms with Gasteiger partial charge in [0, 0.05) is 17.8 Å². The highest BCUT2D eigenvalue weighted by Crippen LogP contribution is 2.05. The molecule has 0 radical (unpaired) electrons. The molecule has 1 aromatic rings. The van der Waals surface area contributed by atoms with Gasteiger partial charge in [0.2, 0.25) is 0 Å². The topological polar surface area (TPSA) is 88.3 Å². The van der Waals surface area contributed by atoms with Crippen molar-refractivity contribution in [2.24, 2.45) is 0 Å². The summed E-state index contributed by atoms with van der Waals surface area (Å²) < 4.78 is 4.83. The monoisotopic (exact) mass is 266 g/mol. The van der Waals surface area contributed by atoms with Crippen LogP contribution in [0.15, 0.2) is 12.3 Å². The molecule has 0 saturated heterocycles. The SMILES string of the molecule is CC[C@H](C)NC(=O)COC(=O)c1cc(C(C)=O)c[nH]1. The third-order valence-corrected chi connectivity index (χ3v) is 2.66. The maximum atomic E-state index is 11.6. The molecule has 0 saturated carbocycles. The first kappa shape index (κ1) is 14.9. The van der Waals surface area contributed by atoms with Crippen LogP contribution in [0.2, 0.25) is 0 Å². The minimum atomic E-state index is -0.660. The lowest BCUT2D eigenvalue weighted by Gasteiger charge is -2.11. The van der Waals surface area contributed by atoms with Gasteiger partial charge in [-0.15, -0.1) is 0 Å². The summed E-state index contributed by atoms with van der Waals surface area (Å²) in [7, 11) is 0. The van der Waals surface area contributed by atoms with E-state index in [2.05, 4.69) is 10.3 Å². The number of carbonyl (C=O) groups excluding carboxylic acids is 3. The van der Waals surface area contributed by atoms with Crippen LogP contribution < -0.4 is 5.32 Å². The van der Waals surface area contributed by atoms with E-state index in [-0.39, 0.29) is 30.0 Å². The number of Topliss-reactive ketones (excluding diaryl/α,β-unsaturated/α-hetero) is 1. The molecule has 19 heavy (non-hydrogen) atoms. The number of aromatic amines is 1. The quantitative estimate of drug-likeness (QED) is 0.600. The van der Waals surface area contributed by atoms with Crippen LogP contribution in [0.5, 0.6) is 0 Å². The number of aromatic nitrogens is 1. The number of H-pyrrole nitrogens is 1. The average Bonchev–Trinajstić information content (AvgIpc) is 2.85. The number of nitrogens with one attached hydrogen (secondary N) is 2. The Morgan fingerprint density at radius 1 is 1.42 bits per heavy atom. The van der Waals surface area contributed by atoms with E-state index in [0.717, 1.165) is 6.42 Å². The summed E-state index contributed by atoms with van der Waals surface area (Å²) in [6.07, 6.45) is 2.23. The lowest BCUT2D eigenvalue weighted by molar-refractivity contribution is -0.124. The zero-order valence-corrected chi connectivity index (χ0v) is 11.3. The van der Waals surface area contributed by atoms with E-state index in [1.54, 1.807) is 0 Å². The van der Waals surface area contributed by atoms with Crippen LogP contribution in [0.1, 0.15) is 48.0 Å². The second kappa shape index (κ2) is 6.72. The largest absolute Gasteiger partial charge is 0.451 e. The molecule has 0 fully saturated rings. The molecule has 1 amide bonds. The lowest BCUT2D eigenvalue weighted by atomic mass is 10.2. The van der Waals surface area contributed by atoms with Gasteiger partial charge in [0.25, 0.3) is 5.91 Å². The summed E-state index contributed by atoms with van der Waals surface area (Å²) in [6, 6.07) is 1.44. The molecule has 2 N–H and O–H groups in total. The molecular formula is C13H18N2O4. The Balaban J connectivity index is 2.46. The van der Waals surface area contributed by atoms with Crippen molar-refractivity contribution < 1.29 is 19.1 Å². The minimum absolute atomic E-state index is 0.0426. The fourth-order valence-electron chi connectivity index (χ4n) is 1.34. The molecule has 0 aliphatic rings. The summed E-state index contributed by atoms with van der Waals surface area (Å²) in [5, 5.41) is 2.68. The van der Waals surface area contributed by atoms with Crippen LogP contribution in [0, 0.1) is 0 Å². The molecule has 1 rings (SSSR count). The minimum Gasteiger partial charge on any atom is -0.451 e. The maximum absolute atomic E-state index is 11.6. The van der Waals surface area contributed by atoms with Gasteiger partial charge in [0.05, 0.1) is 0 Å². The number of ether oxygens (including phenoxy) is 1. The number of carbonyl (C=O) groups is 3. The molecule has 6 nitrogen and oxygen atoms in total. The molecule has 0 spiro atoms. The standard InChI is InChI=1S/C13H18N2O4/c1-4-8(2)15-12(17)7-19-13(18)11-5-10(6-14-11)9(3)16/h5-6,8,14H,4,7H2,1-3H3,(H,15,17)/t8-/m0/s1. The van der Waals surface area contributed by atoms with Crippen molar-refractivity contribution in [1.82, 2.24) is 10.3 Å². The van der Waals surface area contributed by atoms with E-state index in [4.69, 9.17) is 4.74 Å². The third kappa shape index (κ3) is 4.57. The molecule has 0 aliphatic heterocycles. The summed E-state index contributed by atoms with van der Waals surface area (Å²) in [5.74, 6) is -1.15. The van der Waals surface area contributed by atoms with Crippen molar-refractivity contribution in [2.75, 3.05) is 6.61 Å². The van der Waals surface area contributed by atoms with Gasteiger partial charge in [-0.3, -0.25) is 9.59 Å². The van der Waals surface area contributed by atoms with E-state index in [9.17, 15) is 14.4 Å². The predicted molar refractivity (Wildman–Crippen MR) is 69.0 cm³/mol. The van der Waals surface area contributed by atoms with Crippen molar-refractivity contribution >= 4 is 17.7 Å². The van der Waals surface area contributed by atoms with Crippen LogP contribution >= 0.6 is 0 Å². The van der Waals surface area contributed by atoms with Gasteiger partial charge in [-0.1, -0.05) is 6.92 Å². The summed E-state index contributed by atoms with van der Waals surface area (Å²) in [5.41, 5.74) is 0.553. The highest BCUT2D eigenvalue weighted by molar-refractivity contribution is 5.97. The van der Waals surface area contributed by atoms with Gasteiger partial charge < -0.3 is 15.0 Å². The molecule has 0 unspecified atom stereocenters. The Kier molecular flexibility index (Phi) is 5.29. The average molecular weight is 266 g/mol. The fraction of sp³-hybridized carbons (Fsp3) is 0.462. The molecule has 0 aromatic carbocycles. The Morgan fingerprint density at radius 3 is 2.63 bits per heavy atom. The van der Waals surface area contributed by atoms with Gasteiger partial charge in [0.1, 0.15) is 5.69 Å². The van der Waals surface area contributed by atoms with E-state index < -0.39 is 5.97 Å². The molecule has 6 heteroatoms. The van der Waals surface area contributed by atoms with E-state index in [1.807, 2.05) is 13.8 Å². The van der Waals surface area contributed by atoms with Crippen molar-refractivity contribution in [3.8, 4) is 0 Å². The number of esters is 1. The fourth-order valence-corrected chi connectivity index (χ4v) is 1.34. The number of rotatable bonds is 6. The van der Waals surface area contributed by atoms with Gasteiger partial charge in [0.15, 0.2) is 12.4 Å². The van der Waals surface area contributed by atoms with Gasteiger partial charge in [-0.2, -0.15) is 0 Å². The Bertz CT molecular complexity index is 479. The van der Waals surface area contributed by atoms with Crippen LogP contribution in [-0.4, -0.2) is 35.3 Å². The molecule has 0 bridgehead atoms. The smallest absolute Gasteiger partial charge is 0.355 e. The number of hydrogen-bond donors (Lipinski definition) is 2. The van der Waals surface area contributed by atoms with Crippen molar-refractivity contribution in [3.63, 3.8) is 0 Å². The normalized spacial score (nSPS) is 11.7. The zero-order valence-electron chi connectivity index (χ0n) is 11.3. The highest BCUT2D eigenvalue weighted by atomic mass is 16.5. The first-order valence-corrected chi connectivity index (χ1v) is 6.09. The molecular weight excluding hydrogens is 248 g/mol. The summed E-state index contributed by atoms with van der Waals surface area (Å²) in [4.78, 5) is 36.7. The molecule has 1 aromatic heterocycles. The van der Waals surface area contributed by atoms with Crippen LogP contribution in [0.25, 0.3) is 0 Å². The highest BCUT2D eigenvalue weighted by Gasteiger charge is 2.14. The maximum Gasteiger partial charge on any atom is 0.355 e.